The zero-order valence-electron chi connectivity index (χ0n) is 13.1. The summed E-state index contributed by atoms with van der Waals surface area (Å²) in [4.78, 5) is 33.8. The number of aromatic nitrogens is 2. The van der Waals surface area contributed by atoms with E-state index in [0.717, 1.165) is 56.3 Å². The first-order chi connectivity index (χ1) is 10.7. The molecule has 6 heteroatoms. The Balaban J connectivity index is 1.64. The number of nitrogens with zero attached hydrogens (tertiary/aromatic N) is 2. The van der Waals surface area contributed by atoms with Crippen LogP contribution in [-0.4, -0.2) is 39.1 Å². The van der Waals surface area contributed by atoms with Gasteiger partial charge in [-0.3, -0.25) is 9.59 Å². The Morgan fingerprint density at radius 3 is 3.05 bits per heavy atom. The predicted molar refractivity (Wildman–Crippen MR) is 87.2 cm³/mol. The highest BCUT2D eigenvalue weighted by Crippen LogP contribution is 2.23. The molecule has 0 spiro atoms. The Labute approximate surface area is 134 Å². The number of nitrogens with one attached hydrogen (secondary N) is 1. The molecule has 1 N–H and O–H groups in total. The Bertz CT molecular complexity index is 614. The number of rotatable bonds is 4. The fraction of sp³-hybridized carbons (Fsp3) is 0.688. The molecule has 2 heterocycles. The van der Waals surface area contributed by atoms with Crippen molar-refractivity contribution in [1.82, 2.24) is 14.9 Å². The number of carbonyl (C=O) groups is 1. The minimum Gasteiger partial charge on any atom is -0.339 e. The molecule has 1 aliphatic heterocycles. The van der Waals surface area contributed by atoms with Crippen molar-refractivity contribution in [3.63, 3.8) is 0 Å². The molecule has 3 rings (SSSR count). The van der Waals surface area contributed by atoms with Gasteiger partial charge in [0.15, 0.2) is 5.16 Å². The zero-order chi connectivity index (χ0) is 15.5. The second-order valence-electron chi connectivity index (χ2n) is 6.08. The van der Waals surface area contributed by atoms with Gasteiger partial charge in [0.1, 0.15) is 0 Å². The molecular weight excluding hydrogens is 298 g/mol. The van der Waals surface area contributed by atoms with Crippen LogP contribution in [0.5, 0.6) is 0 Å². The van der Waals surface area contributed by atoms with E-state index in [0.29, 0.717) is 17.0 Å². The van der Waals surface area contributed by atoms with Crippen LogP contribution in [0.1, 0.15) is 50.3 Å². The Morgan fingerprint density at radius 1 is 1.36 bits per heavy atom. The van der Waals surface area contributed by atoms with Gasteiger partial charge in [-0.2, -0.15) is 0 Å². The van der Waals surface area contributed by atoms with Crippen LogP contribution in [0.15, 0.2) is 9.95 Å². The summed E-state index contributed by atoms with van der Waals surface area (Å²) in [7, 11) is 0. The van der Waals surface area contributed by atoms with E-state index in [2.05, 4.69) is 16.9 Å². The van der Waals surface area contributed by atoms with Crippen molar-refractivity contribution in [2.45, 2.75) is 63.1 Å². The summed E-state index contributed by atoms with van der Waals surface area (Å²) in [5.74, 6) is 0.526. The number of fused-ring (bicyclic) bond motifs is 1. The number of thioether (sulfide) groups is 1. The summed E-state index contributed by atoms with van der Waals surface area (Å²) in [6.07, 6.45) is 7.16. The molecule has 1 aliphatic carbocycles. The van der Waals surface area contributed by atoms with Crippen LogP contribution in [0.2, 0.25) is 0 Å². The summed E-state index contributed by atoms with van der Waals surface area (Å²) in [6.45, 7) is 3.01. The van der Waals surface area contributed by atoms with Crippen molar-refractivity contribution in [1.29, 1.82) is 0 Å². The largest absolute Gasteiger partial charge is 0.339 e. The monoisotopic (exact) mass is 321 g/mol. The van der Waals surface area contributed by atoms with E-state index in [9.17, 15) is 9.59 Å². The maximum absolute atomic E-state index is 12.4. The Hall–Kier alpha value is -1.30. The van der Waals surface area contributed by atoms with Crippen LogP contribution in [0.4, 0.5) is 0 Å². The average Bonchev–Trinajstić information content (AvgIpc) is 3.01. The van der Waals surface area contributed by atoms with Gasteiger partial charge in [0.25, 0.3) is 5.56 Å². The average molecular weight is 321 g/mol. The van der Waals surface area contributed by atoms with Gasteiger partial charge in [-0.05, 0) is 44.9 Å². The number of H-pyrrole nitrogens is 1. The number of hydrogen-bond acceptors (Lipinski definition) is 4. The molecule has 22 heavy (non-hydrogen) atoms. The third-order valence-corrected chi connectivity index (χ3v) is 5.53. The van der Waals surface area contributed by atoms with Crippen molar-refractivity contribution in [2.75, 3.05) is 12.3 Å². The molecule has 0 bridgehead atoms. The molecular formula is C16H23N3O2S. The van der Waals surface area contributed by atoms with E-state index in [1.807, 2.05) is 4.90 Å². The molecule has 0 saturated carbocycles. The SMILES string of the molecule is CCC1CCCCN1C(=O)CSc1nc2c(c(=O)[nH]1)CCC2. The van der Waals surface area contributed by atoms with Crippen LogP contribution in [0, 0.1) is 0 Å². The zero-order valence-corrected chi connectivity index (χ0v) is 13.9. The van der Waals surface area contributed by atoms with Crippen LogP contribution < -0.4 is 5.56 Å². The number of likely N-dealkylation sites (tertiary alicyclic amines) is 1. The second-order valence-corrected chi connectivity index (χ2v) is 7.05. The second kappa shape index (κ2) is 6.86. The van der Waals surface area contributed by atoms with E-state index in [1.54, 1.807) is 0 Å². The predicted octanol–water partition coefficient (Wildman–Crippen LogP) is 2.14. The lowest BCUT2D eigenvalue weighted by Crippen LogP contribution is -2.44. The fourth-order valence-electron chi connectivity index (χ4n) is 3.45. The lowest BCUT2D eigenvalue weighted by molar-refractivity contribution is -0.132. The highest BCUT2D eigenvalue weighted by Gasteiger charge is 2.25. The van der Waals surface area contributed by atoms with Crippen molar-refractivity contribution in [3.05, 3.63) is 21.6 Å². The maximum Gasteiger partial charge on any atom is 0.254 e. The highest BCUT2D eigenvalue weighted by atomic mass is 32.2. The number of piperidine rings is 1. The maximum atomic E-state index is 12.4. The minimum absolute atomic E-state index is 0.0261. The van der Waals surface area contributed by atoms with Crippen molar-refractivity contribution >= 4 is 17.7 Å². The van der Waals surface area contributed by atoms with Gasteiger partial charge >= 0.3 is 0 Å². The first-order valence-electron chi connectivity index (χ1n) is 8.23. The quantitative estimate of drug-likeness (QED) is 0.681. The summed E-state index contributed by atoms with van der Waals surface area (Å²) in [6, 6.07) is 0.383. The van der Waals surface area contributed by atoms with E-state index >= 15 is 0 Å². The molecule has 1 fully saturated rings. The number of amides is 1. The third kappa shape index (κ3) is 3.21. The molecule has 1 atom stereocenters. The van der Waals surface area contributed by atoms with E-state index in [4.69, 9.17) is 0 Å². The third-order valence-electron chi connectivity index (χ3n) is 4.67. The van der Waals surface area contributed by atoms with E-state index in [-0.39, 0.29) is 11.5 Å². The Morgan fingerprint density at radius 2 is 2.23 bits per heavy atom. The molecule has 1 amide bonds. The van der Waals surface area contributed by atoms with Gasteiger partial charge in [0, 0.05) is 18.2 Å². The van der Waals surface area contributed by atoms with Gasteiger partial charge in [-0.25, -0.2) is 4.98 Å². The summed E-state index contributed by atoms with van der Waals surface area (Å²) >= 11 is 1.36. The summed E-state index contributed by atoms with van der Waals surface area (Å²) < 4.78 is 0. The fourth-order valence-corrected chi connectivity index (χ4v) is 4.22. The van der Waals surface area contributed by atoms with Crippen LogP contribution in [0.25, 0.3) is 0 Å². The summed E-state index contributed by atoms with van der Waals surface area (Å²) in [5, 5.41) is 0.587. The molecule has 1 aromatic heterocycles. The number of aromatic amines is 1. The van der Waals surface area contributed by atoms with E-state index < -0.39 is 0 Å². The molecule has 120 valence electrons. The molecule has 5 nitrogen and oxygen atoms in total. The van der Waals surface area contributed by atoms with Gasteiger partial charge in [0.05, 0.1) is 11.4 Å². The number of hydrogen-bond donors (Lipinski definition) is 1. The smallest absolute Gasteiger partial charge is 0.254 e. The molecule has 1 saturated heterocycles. The standard InChI is InChI=1S/C16H23N3O2S/c1-2-11-6-3-4-9-19(11)14(20)10-22-16-17-13-8-5-7-12(13)15(21)18-16/h11H,2-10H2,1H3,(H,17,18,21). The van der Waals surface area contributed by atoms with Gasteiger partial charge < -0.3 is 9.88 Å². The van der Waals surface area contributed by atoms with Crippen molar-refractivity contribution < 1.29 is 4.79 Å². The molecule has 0 aromatic carbocycles. The van der Waals surface area contributed by atoms with E-state index in [1.165, 1.54) is 18.2 Å². The normalized spacial score (nSPS) is 21.0. The topological polar surface area (TPSA) is 66.1 Å². The van der Waals surface area contributed by atoms with Crippen molar-refractivity contribution in [2.24, 2.45) is 0 Å². The van der Waals surface area contributed by atoms with Gasteiger partial charge in [-0.1, -0.05) is 18.7 Å². The lowest BCUT2D eigenvalue weighted by atomic mass is 10.0. The van der Waals surface area contributed by atoms with Crippen LogP contribution in [-0.2, 0) is 17.6 Å². The lowest BCUT2D eigenvalue weighted by Gasteiger charge is -2.35. The Kier molecular flexibility index (Phi) is 4.86. The van der Waals surface area contributed by atoms with Gasteiger partial charge in [-0.15, -0.1) is 0 Å². The minimum atomic E-state index is -0.0261. The molecule has 1 unspecified atom stereocenters. The number of carbonyl (C=O) groups excluding carboxylic acids is 1. The molecule has 0 radical (unpaired) electrons. The number of aryl methyl sites for hydroxylation is 1. The first-order valence-corrected chi connectivity index (χ1v) is 9.22. The molecule has 2 aliphatic rings. The first kappa shape index (κ1) is 15.6. The molecule has 1 aromatic rings. The summed E-state index contributed by atoms with van der Waals surface area (Å²) in [5.41, 5.74) is 1.72. The van der Waals surface area contributed by atoms with Crippen LogP contribution >= 0.6 is 11.8 Å². The highest BCUT2D eigenvalue weighted by molar-refractivity contribution is 7.99. The van der Waals surface area contributed by atoms with Crippen molar-refractivity contribution in [3.8, 4) is 0 Å². The van der Waals surface area contributed by atoms with Gasteiger partial charge in [0.2, 0.25) is 5.91 Å². The van der Waals surface area contributed by atoms with Crippen LogP contribution in [0.3, 0.4) is 0 Å².